The molecular formula is C20H26Cl12NO7+. The molecule has 4 atom stereocenters. The Balaban J connectivity index is 2.23. The third-order valence-corrected chi connectivity index (χ3v) is 8.97. The highest BCUT2D eigenvalue weighted by Crippen LogP contribution is 2.58. The number of rotatable bonds is 12. The largest absolute Gasteiger partial charge is 0.478 e. The van der Waals surface area contributed by atoms with Crippen LogP contribution in [-0.2, 0) is 28.6 Å². The molecule has 0 aromatic heterocycles. The van der Waals surface area contributed by atoms with Gasteiger partial charge >= 0.3 is 5.09 Å². The first-order valence-corrected chi connectivity index (χ1v) is 16.4. The third-order valence-electron chi connectivity index (χ3n) is 5.99. The number of halogens is 12. The van der Waals surface area contributed by atoms with Crippen LogP contribution < -0.4 is 0 Å². The fraction of sp³-hybridized carbons (Fsp3) is 1.00. The van der Waals surface area contributed by atoms with Gasteiger partial charge in [-0.25, -0.2) is 0 Å². The molecule has 2 aliphatic heterocycles. The number of hydrogen-bond acceptors (Lipinski definition) is 7. The van der Waals surface area contributed by atoms with Crippen molar-refractivity contribution in [2.24, 2.45) is 0 Å². The molecule has 2 saturated heterocycles. The summed E-state index contributed by atoms with van der Waals surface area (Å²) < 4.78 is 13.5. The van der Waals surface area contributed by atoms with Gasteiger partial charge in [-0.05, 0) is 25.7 Å². The second-order valence-electron chi connectivity index (χ2n) is 8.95. The minimum Gasteiger partial charge on any atom is -0.340 e. The normalized spacial score (nSPS) is 25.1. The van der Waals surface area contributed by atoms with E-state index in [1.807, 2.05) is 13.8 Å². The second kappa shape index (κ2) is 15.0. The topological polar surface area (TPSA) is 75.5 Å². The van der Waals surface area contributed by atoms with Gasteiger partial charge in [0.2, 0.25) is 27.4 Å². The summed E-state index contributed by atoms with van der Waals surface area (Å²) in [5.41, 5.74) is 0. The van der Waals surface area contributed by atoms with Crippen LogP contribution >= 0.6 is 139 Å². The molecule has 0 aromatic rings. The van der Waals surface area contributed by atoms with E-state index < -0.39 is 51.2 Å². The maximum Gasteiger partial charge on any atom is 0.478 e. The van der Waals surface area contributed by atoms with E-state index in [2.05, 4.69) is 0 Å². The SMILES string of the molecule is CCCCC(O[N+](=O)OC(CCCC)C1COC(C(Cl)(Cl)Cl)(C(Cl)(Cl)Cl)O1)C1COC(C(Cl)(Cl)Cl)(C(Cl)(Cl)Cl)O1. The monoisotopic (exact) mass is 812 g/mol. The summed E-state index contributed by atoms with van der Waals surface area (Å²) in [6.07, 6.45) is -0.643. The van der Waals surface area contributed by atoms with Gasteiger partial charge in [-0.2, -0.15) is 9.68 Å². The number of nitrogens with zero attached hydrogens (tertiary/aromatic N) is 1. The van der Waals surface area contributed by atoms with Gasteiger partial charge in [0.1, 0.15) is 17.1 Å². The van der Waals surface area contributed by atoms with Gasteiger partial charge in [-0.3, -0.25) is 0 Å². The summed E-state index contributed by atoms with van der Waals surface area (Å²) >= 11 is 72.5. The van der Waals surface area contributed by atoms with Gasteiger partial charge < -0.3 is 18.9 Å². The van der Waals surface area contributed by atoms with Gasteiger partial charge in [0.05, 0.1) is 13.2 Å². The lowest BCUT2D eigenvalue weighted by Gasteiger charge is -2.39. The first-order valence-electron chi connectivity index (χ1n) is 11.9. The van der Waals surface area contributed by atoms with Crippen LogP contribution in [0.2, 0.25) is 0 Å². The van der Waals surface area contributed by atoms with Crippen molar-refractivity contribution in [3.05, 3.63) is 4.91 Å². The van der Waals surface area contributed by atoms with Crippen molar-refractivity contribution in [2.45, 2.75) is 104 Å². The molecule has 0 radical (unpaired) electrons. The molecule has 0 aromatic carbocycles. The highest BCUT2D eigenvalue weighted by atomic mass is 35.6. The van der Waals surface area contributed by atoms with Gasteiger partial charge in [0.15, 0.2) is 0 Å². The summed E-state index contributed by atoms with van der Waals surface area (Å²) in [5, 5.41) is -0.0945. The van der Waals surface area contributed by atoms with Gasteiger partial charge in [-0.1, -0.05) is 166 Å². The van der Waals surface area contributed by atoms with Crippen LogP contribution in [0.5, 0.6) is 0 Å². The number of ether oxygens (including phenoxy) is 4. The van der Waals surface area contributed by atoms with Crippen LogP contribution in [0.1, 0.15) is 52.4 Å². The average Bonchev–Trinajstić information content (AvgIpc) is 3.45. The highest BCUT2D eigenvalue weighted by molar-refractivity contribution is 6.74. The van der Waals surface area contributed by atoms with E-state index in [4.69, 9.17) is 168 Å². The van der Waals surface area contributed by atoms with Crippen LogP contribution in [0.25, 0.3) is 0 Å². The van der Waals surface area contributed by atoms with Gasteiger partial charge in [0, 0.05) is 0 Å². The zero-order chi connectivity index (χ0) is 30.8. The molecule has 20 heteroatoms. The molecule has 2 fully saturated rings. The van der Waals surface area contributed by atoms with Gasteiger partial charge in [-0.15, -0.1) is 0 Å². The standard InChI is InChI=1S/C20H26Cl12NO7/c1-3-5-7-11(13-9-35-15(37-13,17(21,22)23)18(24,25)26)39-33(34)40-12(8-6-4-2)14-10-36-16(38-14,19(27,28)29)20(30,31)32/h11-14H,3-10H2,1-2H3/q+1. The van der Waals surface area contributed by atoms with Crippen molar-refractivity contribution in [1.29, 1.82) is 0 Å². The van der Waals surface area contributed by atoms with E-state index in [-0.39, 0.29) is 18.3 Å². The lowest BCUT2D eigenvalue weighted by molar-refractivity contribution is -0.994. The van der Waals surface area contributed by atoms with Crippen LogP contribution in [0.4, 0.5) is 0 Å². The summed E-state index contributed by atoms with van der Waals surface area (Å²) in [4.78, 5) is 24.1. The molecule has 0 saturated carbocycles. The van der Waals surface area contributed by atoms with Crippen molar-refractivity contribution in [3.63, 3.8) is 0 Å². The molecule has 2 heterocycles. The Labute approximate surface area is 292 Å². The maximum atomic E-state index is 13.0. The Kier molecular flexibility index (Phi) is 14.5. The predicted octanol–water partition coefficient (Wildman–Crippen LogP) is 9.45. The molecule has 8 nitrogen and oxygen atoms in total. The van der Waals surface area contributed by atoms with Crippen LogP contribution in [0.15, 0.2) is 0 Å². The van der Waals surface area contributed by atoms with Crippen molar-refractivity contribution >= 4 is 139 Å². The summed E-state index contributed by atoms with van der Waals surface area (Å²) in [5.74, 6) is -4.59. The first-order chi connectivity index (χ1) is 18.2. The lowest BCUT2D eigenvalue weighted by atomic mass is 10.1. The smallest absolute Gasteiger partial charge is 0.340 e. The average molecular weight is 818 g/mol. The molecular weight excluding hydrogens is 792 g/mol. The van der Waals surface area contributed by atoms with Gasteiger partial charge in [0.25, 0.3) is 11.6 Å². The zero-order valence-electron chi connectivity index (χ0n) is 20.8. The molecule has 4 unspecified atom stereocenters. The Morgan fingerprint density at radius 1 is 0.675 bits per heavy atom. The second-order valence-corrected chi connectivity index (χ2v) is 18.1. The van der Waals surface area contributed by atoms with Crippen LogP contribution in [-0.4, -0.2) is 69.5 Å². The maximum absolute atomic E-state index is 13.0. The minimum atomic E-state index is -2.32. The van der Waals surface area contributed by atoms with Crippen LogP contribution in [0, 0.1) is 4.91 Å². The van der Waals surface area contributed by atoms with E-state index in [0.29, 0.717) is 25.7 Å². The van der Waals surface area contributed by atoms with E-state index in [1.165, 1.54) is 0 Å². The highest BCUT2D eigenvalue weighted by Gasteiger charge is 2.70. The van der Waals surface area contributed by atoms with Crippen molar-refractivity contribution < 1.29 is 33.7 Å². The molecule has 0 aliphatic carbocycles. The van der Waals surface area contributed by atoms with E-state index >= 15 is 0 Å². The number of unbranched alkanes of at least 4 members (excludes halogenated alkanes) is 2. The zero-order valence-corrected chi connectivity index (χ0v) is 29.9. The molecule has 40 heavy (non-hydrogen) atoms. The summed E-state index contributed by atoms with van der Waals surface area (Å²) in [6.45, 7) is 3.39. The Bertz CT molecular complexity index is 752. The van der Waals surface area contributed by atoms with Crippen LogP contribution in [0.3, 0.4) is 0 Å². The molecule has 2 aliphatic rings. The number of hydrogen-bond donors (Lipinski definition) is 0. The molecule has 0 amide bonds. The minimum absolute atomic E-state index is 0.0945. The van der Waals surface area contributed by atoms with Crippen molar-refractivity contribution in [1.82, 2.24) is 0 Å². The fourth-order valence-electron chi connectivity index (χ4n) is 3.91. The summed E-state index contributed by atoms with van der Waals surface area (Å²) in [6, 6.07) is 0. The molecule has 2 rings (SSSR count). The fourth-order valence-corrected chi connectivity index (χ4v) is 7.67. The Morgan fingerprint density at radius 3 is 1.20 bits per heavy atom. The third kappa shape index (κ3) is 8.86. The Morgan fingerprint density at radius 2 is 0.975 bits per heavy atom. The molecule has 236 valence electrons. The quantitative estimate of drug-likeness (QED) is 0.144. The van der Waals surface area contributed by atoms with Crippen molar-refractivity contribution in [2.75, 3.05) is 13.2 Å². The van der Waals surface area contributed by atoms with E-state index in [0.717, 1.165) is 12.8 Å². The first kappa shape index (κ1) is 38.7. The molecule has 0 N–H and O–H groups in total. The predicted molar refractivity (Wildman–Crippen MR) is 161 cm³/mol. The lowest BCUT2D eigenvalue weighted by Crippen LogP contribution is -2.55. The Hall–Kier alpha value is 2.52. The summed E-state index contributed by atoms with van der Waals surface area (Å²) in [7, 11) is 0. The van der Waals surface area contributed by atoms with E-state index in [1.54, 1.807) is 0 Å². The van der Waals surface area contributed by atoms with E-state index in [9.17, 15) is 4.91 Å². The molecule has 0 spiro atoms. The molecule has 0 bridgehead atoms. The number of alkyl halides is 12. The van der Waals surface area contributed by atoms with Crippen molar-refractivity contribution in [3.8, 4) is 0 Å².